The van der Waals surface area contributed by atoms with Gasteiger partial charge in [0.1, 0.15) is 16.8 Å². The zero-order valence-corrected chi connectivity index (χ0v) is 24.9. The predicted molar refractivity (Wildman–Crippen MR) is 156 cm³/mol. The van der Waals surface area contributed by atoms with Gasteiger partial charge in [0, 0.05) is 50.8 Å². The zero-order chi connectivity index (χ0) is 29.6. The molecule has 0 radical (unpaired) electrons. The lowest BCUT2D eigenvalue weighted by molar-refractivity contribution is -0.148. The summed E-state index contributed by atoms with van der Waals surface area (Å²) in [6, 6.07) is 7.75. The molecule has 3 amide bonds. The number of nitrogens with zero attached hydrogens (tertiary/aromatic N) is 3. The fourth-order valence-corrected chi connectivity index (χ4v) is 5.07. The van der Waals surface area contributed by atoms with E-state index in [1.165, 1.54) is 13.8 Å². The van der Waals surface area contributed by atoms with Crippen LogP contribution in [0.25, 0.3) is 0 Å². The number of hydrogen-bond acceptors (Lipinski definition) is 9. The number of anilines is 3. The van der Waals surface area contributed by atoms with E-state index in [9.17, 15) is 19.2 Å². The summed E-state index contributed by atoms with van der Waals surface area (Å²) in [4.78, 5) is 58.6. The fourth-order valence-electron chi connectivity index (χ4n) is 4.74. The molecule has 220 valence electrons. The number of ether oxygens (including phenoxy) is 1. The third-order valence-electron chi connectivity index (χ3n) is 7.45. The molecule has 1 aromatic heterocycles. The number of aryl methyl sites for hydroxylation is 1. The highest BCUT2D eigenvalue weighted by Crippen LogP contribution is 2.35. The molecule has 1 aromatic carbocycles. The minimum absolute atomic E-state index is 0.0614. The number of nitrogens with one attached hydrogen (secondary N) is 3. The van der Waals surface area contributed by atoms with Crippen molar-refractivity contribution < 1.29 is 23.9 Å². The second kappa shape index (κ2) is 12.8. The van der Waals surface area contributed by atoms with Crippen LogP contribution in [0.15, 0.2) is 34.9 Å². The number of carbonyl (C=O) groups is 4. The molecule has 12 nitrogen and oxygen atoms in total. The average Bonchev–Trinajstić information content (AvgIpc) is 3.53. The summed E-state index contributed by atoms with van der Waals surface area (Å²) in [6.45, 7) is 4.98. The Morgan fingerprint density at radius 2 is 2.02 bits per heavy atom. The Labute approximate surface area is 247 Å². The van der Waals surface area contributed by atoms with Gasteiger partial charge < -0.3 is 31.3 Å². The van der Waals surface area contributed by atoms with Crippen LogP contribution in [0.2, 0.25) is 0 Å². The molecule has 13 heteroatoms. The molecule has 0 bridgehead atoms. The first-order valence-electron chi connectivity index (χ1n) is 13.7. The predicted octanol–water partition coefficient (Wildman–Crippen LogP) is 2.65. The minimum atomic E-state index is -1.26. The van der Waals surface area contributed by atoms with Gasteiger partial charge >= 0.3 is 5.97 Å². The van der Waals surface area contributed by atoms with E-state index in [1.807, 2.05) is 24.3 Å². The molecule has 1 spiro atoms. The SMILES string of the molecule is CC(C)(C(N)=O)C(=O)NCCCNc1nc(Nc2cccc(CCC(=O)N3CCC4(CCC(=O)O4)C3)c2)ncc1Br. The van der Waals surface area contributed by atoms with Crippen LogP contribution in [0.1, 0.15) is 51.5 Å². The van der Waals surface area contributed by atoms with Crippen LogP contribution in [0.3, 0.4) is 0 Å². The second-order valence-corrected chi connectivity index (χ2v) is 11.8. The number of aromatic nitrogens is 2. The van der Waals surface area contributed by atoms with E-state index in [0.717, 1.165) is 11.3 Å². The van der Waals surface area contributed by atoms with Crippen molar-refractivity contribution in [3.8, 4) is 0 Å². The third-order valence-corrected chi connectivity index (χ3v) is 8.03. The highest BCUT2D eigenvalue weighted by Gasteiger charge is 2.46. The van der Waals surface area contributed by atoms with Gasteiger partial charge in [-0.1, -0.05) is 12.1 Å². The number of halogens is 1. The Kier molecular flexibility index (Phi) is 9.46. The number of esters is 1. The number of likely N-dealkylation sites (tertiary alicyclic amines) is 1. The largest absolute Gasteiger partial charge is 0.457 e. The van der Waals surface area contributed by atoms with Gasteiger partial charge in [-0.25, -0.2) is 4.98 Å². The molecule has 5 N–H and O–H groups in total. The first-order chi connectivity index (χ1) is 19.5. The molecule has 2 fully saturated rings. The van der Waals surface area contributed by atoms with E-state index in [2.05, 4.69) is 41.8 Å². The van der Waals surface area contributed by atoms with Crippen LogP contribution in [0, 0.1) is 5.41 Å². The molecule has 41 heavy (non-hydrogen) atoms. The number of amides is 3. The van der Waals surface area contributed by atoms with Crippen LogP contribution in [-0.2, 0) is 30.3 Å². The van der Waals surface area contributed by atoms with Gasteiger partial charge in [0.15, 0.2) is 0 Å². The molecular formula is C28H36BrN7O5. The molecule has 0 saturated carbocycles. The van der Waals surface area contributed by atoms with Crippen LogP contribution in [0.5, 0.6) is 0 Å². The first-order valence-corrected chi connectivity index (χ1v) is 14.5. The zero-order valence-electron chi connectivity index (χ0n) is 23.3. The molecular weight excluding hydrogens is 594 g/mol. The molecule has 0 aliphatic carbocycles. The number of benzene rings is 1. The Morgan fingerprint density at radius 3 is 2.76 bits per heavy atom. The van der Waals surface area contributed by atoms with Crippen molar-refractivity contribution in [2.45, 2.75) is 58.0 Å². The Hall–Kier alpha value is -3.74. The monoisotopic (exact) mass is 629 g/mol. The summed E-state index contributed by atoms with van der Waals surface area (Å²) < 4.78 is 6.20. The maximum atomic E-state index is 12.8. The topological polar surface area (TPSA) is 169 Å². The summed E-state index contributed by atoms with van der Waals surface area (Å²) in [6.07, 6.45) is 5.02. The molecule has 2 aliphatic rings. The lowest BCUT2D eigenvalue weighted by Crippen LogP contribution is -2.46. The maximum Gasteiger partial charge on any atom is 0.306 e. The quantitative estimate of drug-likeness (QED) is 0.157. The highest BCUT2D eigenvalue weighted by molar-refractivity contribution is 9.10. The van der Waals surface area contributed by atoms with Crippen molar-refractivity contribution in [1.82, 2.24) is 20.2 Å². The Balaban J connectivity index is 1.24. The van der Waals surface area contributed by atoms with Gasteiger partial charge in [-0.3, -0.25) is 19.2 Å². The van der Waals surface area contributed by atoms with Gasteiger partial charge in [0.2, 0.25) is 23.7 Å². The smallest absolute Gasteiger partial charge is 0.306 e. The van der Waals surface area contributed by atoms with E-state index in [4.69, 9.17) is 10.5 Å². The first kappa shape index (κ1) is 30.2. The third kappa shape index (κ3) is 7.72. The van der Waals surface area contributed by atoms with Crippen molar-refractivity contribution in [3.05, 3.63) is 40.5 Å². The van der Waals surface area contributed by atoms with E-state index >= 15 is 0 Å². The second-order valence-electron chi connectivity index (χ2n) is 11.0. The molecule has 2 aliphatic heterocycles. The molecule has 2 saturated heterocycles. The lowest BCUT2D eigenvalue weighted by atomic mass is 9.91. The van der Waals surface area contributed by atoms with Gasteiger partial charge in [-0.05, 0) is 66.7 Å². The van der Waals surface area contributed by atoms with Crippen LogP contribution < -0.4 is 21.7 Å². The normalized spacial score (nSPS) is 18.3. The molecule has 1 unspecified atom stereocenters. The molecule has 1 atom stereocenters. The summed E-state index contributed by atoms with van der Waals surface area (Å²) in [5.74, 6) is -0.211. The van der Waals surface area contributed by atoms with Crippen molar-refractivity contribution in [2.24, 2.45) is 11.1 Å². The van der Waals surface area contributed by atoms with Gasteiger partial charge in [-0.15, -0.1) is 0 Å². The molecule has 4 rings (SSSR count). The summed E-state index contributed by atoms with van der Waals surface area (Å²) in [5, 5.41) is 9.15. The lowest BCUT2D eigenvalue weighted by Gasteiger charge is -2.22. The number of primary amides is 1. The van der Waals surface area contributed by atoms with E-state index < -0.39 is 22.8 Å². The number of rotatable bonds is 12. The number of carbonyl (C=O) groups excluding carboxylic acids is 4. The van der Waals surface area contributed by atoms with E-state index in [-0.39, 0.29) is 11.9 Å². The van der Waals surface area contributed by atoms with Crippen LogP contribution in [-0.4, -0.2) is 70.3 Å². The summed E-state index contributed by atoms with van der Waals surface area (Å²) in [5.41, 5.74) is 5.33. The van der Waals surface area contributed by atoms with Crippen molar-refractivity contribution in [1.29, 1.82) is 0 Å². The Bertz CT molecular complexity index is 1320. The van der Waals surface area contributed by atoms with Gasteiger partial charge in [0.25, 0.3) is 0 Å². The van der Waals surface area contributed by atoms with E-state index in [0.29, 0.717) is 80.9 Å². The summed E-state index contributed by atoms with van der Waals surface area (Å²) in [7, 11) is 0. The van der Waals surface area contributed by atoms with Crippen LogP contribution >= 0.6 is 15.9 Å². The standard InChI is InChI=1S/C28H36BrN7O5/c1-27(2,24(30)39)25(40)32-13-4-12-31-23-20(29)16-33-26(35-23)34-19-6-3-5-18(15-19)7-8-21(37)36-14-11-28(17-36)10-9-22(38)41-28/h3,5-6,15-16H,4,7-14,17H2,1-2H3,(H2,30,39)(H,32,40)(H2,31,33,34,35). The molecule has 3 heterocycles. The maximum absolute atomic E-state index is 12.8. The average molecular weight is 631 g/mol. The minimum Gasteiger partial charge on any atom is -0.457 e. The van der Waals surface area contributed by atoms with Crippen molar-refractivity contribution >= 4 is 57.1 Å². The summed E-state index contributed by atoms with van der Waals surface area (Å²) >= 11 is 3.45. The van der Waals surface area contributed by atoms with Gasteiger partial charge in [-0.2, -0.15) is 4.98 Å². The van der Waals surface area contributed by atoms with Crippen molar-refractivity contribution in [3.63, 3.8) is 0 Å². The van der Waals surface area contributed by atoms with Crippen molar-refractivity contribution in [2.75, 3.05) is 36.8 Å². The fraction of sp³-hybridized carbons (Fsp3) is 0.500. The van der Waals surface area contributed by atoms with Crippen LogP contribution in [0.4, 0.5) is 17.5 Å². The number of nitrogens with two attached hydrogens (primary N) is 1. The molecule has 2 aromatic rings. The van der Waals surface area contributed by atoms with Gasteiger partial charge in [0.05, 0.1) is 11.0 Å². The highest BCUT2D eigenvalue weighted by atomic mass is 79.9. The Morgan fingerprint density at radius 1 is 1.22 bits per heavy atom. The number of hydrogen-bond donors (Lipinski definition) is 4. The van der Waals surface area contributed by atoms with E-state index in [1.54, 1.807) is 11.1 Å².